The molecule has 67 heavy (non-hydrogen) atoms. The Morgan fingerprint density at radius 3 is 1.87 bits per heavy atom. The predicted octanol–water partition coefficient (Wildman–Crippen LogP) is 0.601. The maximum atomic E-state index is 11.8. The van der Waals surface area contributed by atoms with E-state index in [1.54, 1.807) is 7.11 Å². The first kappa shape index (κ1) is 50.9. The monoisotopic (exact) mass is 957 g/mol. The van der Waals surface area contributed by atoms with Gasteiger partial charge in [-0.15, -0.1) is 0 Å². The van der Waals surface area contributed by atoms with Crippen molar-refractivity contribution in [1.29, 1.82) is 0 Å². The van der Waals surface area contributed by atoms with E-state index in [0.717, 1.165) is 56.9 Å². The third-order valence-corrected chi connectivity index (χ3v) is 20.1. The summed E-state index contributed by atoms with van der Waals surface area (Å²) in [5.41, 5.74) is 0.512. The van der Waals surface area contributed by atoms with Crippen LogP contribution in [0.15, 0.2) is 11.6 Å². The number of rotatable bonds is 11. The fourth-order valence-electron chi connectivity index (χ4n) is 16.2. The Labute approximate surface area is 393 Å². The van der Waals surface area contributed by atoms with Crippen LogP contribution in [0.4, 0.5) is 0 Å². The minimum absolute atomic E-state index is 0.00985. The molecule has 28 unspecified atom stereocenters. The van der Waals surface area contributed by atoms with E-state index < -0.39 is 129 Å². The maximum Gasteiger partial charge on any atom is 0.187 e. The van der Waals surface area contributed by atoms with Gasteiger partial charge in [0.2, 0.25) is 0 Å². The summed E-state index contributed by atoms with van der Waals surface area (Å²) in [4.78, 5) is 0. The molecule has 2 spiro atoms. The zero-order valence-corrected chi connectivity index (χ0v) is 40.4. The van der Waals surface area contributed by atoms with Gasteiger partial charge in [-0.25, -0.2) is 0 Å². The van der Waals surface area contributed by atoms with Crippen molar-refractivity contribution in [3.05, 3.63) is 11.6 Å². The number of hydrogen-bond donors (Lipinski definition) is 10. The maximum absolute atomic E-state index is 11.8. The molecule has 18 heteroatoms. The zero-order chi connectivity index (χ0) is 48.5. The van der Waals surface area contributed by atoms with E-state index in [1.807, 2.05) is 19.9 Å². The third-order valence-electron chi connectivity index (χ3n) is 20.1. The zero-order valence-electron chi connectivity index (χ0n) is 40.4. The topological polar surface area (TPSA) is 276 Å². The smallest absolute Gasteiger partial charge is 0.187 e. The molecule has 384 valence electrons. The van der Waals surface area contributed by atoms with Gasteiger partial charge in [0.05, 0.1) is 37.6 Å². The van der Waals surface area contributed by atoms with Gasteiger partial charge in [0.15, 0.2) is 25.2 Å². The van der Waals surface area contributed by atoms with Gasteiger partial charge in [-0.1, -0.05) is 32.4 Å². The molecule has 18 nitrogen and oxygen atoms in total. The van der Waals surface area contributed by atoms with E-state index in [4.69, 9.17) is 37.9 Å². The Hall–Kier alpha value is -0.980. The Balaban J connectivity index is 0.882. The minimum atomic E-state index is -1.73. The van der Waals surface area contributed by atoms with Crippen LogP contribution in [0.5, 0.6) is 0 Å². The molecule has 0 aromatic carbocycles. The van der Waals surface area contributed by atoms with Crippen molar-refractivity contribution >= 4 is 0 Å². The summed E-state index contributed by atoms with van der Waals surface area (Å²) >= 11 is 0. The van der Waals surface area contributed by atoms with Crippen molar-refractivity contribution in [3.8, 4) is 0 Å². The second-order valence-electron chi connectivity index (χ2n) is 23.3. The number of ether oxygens (including phenoxy) is 8. The molecular formula is C49H80O18. The van der Waals surface area contributed by atoms with Crippen LogP contribution in [0.2, 0.25) is 0 Å². The lowest BCUT2D eigenvalue weighted by Crippen LogP contribution is -2.64. The summed E-state index contributed by atoms with van der Waals surface area (Å²) in [6.07, 6.45) is -13.4. The van der Waals surface area contributed by atoms with Gasteiger partial charge < -0.3 is 89.0 Å². The first-order valence-corrected chi connectivity index (χ1v) is 25.0. The van der Waals surface area contributed by atoms with E-state index in [2.05, 4.69) is 20.8 Å². The second-order valence-corrected chi connectivity index (χ2v) is 23.3. The molecule has 9 aliphatic rings. The van der Waals surface area contributed by atoms with Crippen molar-refractivity contribution < 1.29 is 89.0 Å². The van der Waals surface area contributed by atoms with Crippen LogP contribution < -0.4 is 0 Å². The van der Waals surface area contributed by atoms with Gasteiger partial charge in [0.1, 0.15) is 67.1 Å². The highest BCUT2D eigenvalue weighted by atomic mass is 16.8. The molecule has 10 N–H and O–H groups in total. The van der Waals surface area contributed by atoms with Gasteiger partial charge in [-0.05, 0) is 125 Å². The van der Waals surface area contributed by atoms with Gasteiger partial charge >= 0.3 is 0 Å². The molecule has 9 fully saturated rings. The summed E-state index contributed by atoms with van der Waals surface area (Å²) in [6.45, 7) is 13.4. The first-order valence-electron chi connectivity index (χ1n) is 25.0. The highest BCUT2D eigenvalue weighted by molar-refractivity contribution is 5.31. The number of allylic oxidation sites excluding steroid dienone is 1. The van der Waals surface area contributed by atoms with Crippen molar-refractivity contribution in [1.82, 2.24) is 0 Å². The van der Waals surface area contributed by atoms with E-state index in [1.165, 1.54) is 13.8 Å². The molecule has 0 amide bonds. The summed E-state index contributed by atoms with van der Waals surface area (Å²) in [6, 6.07) is 0. The van der Waals surface area contributed by atoms with E-state index in [-0.39, 0.29) is 46.0 Å². The normalized spacial score (nSPS) is 58.3. The molecule has 0 radical (unpaired) electrons. The highest BCUT2D eigenvalue weighted by Crippen LogP contribution is 2.89. The Morgan fingerprint density at radius 1 is 0.597 bits per heavy atom. The summed E-state index contributed by atoms with van der Waals surface area (Å²) in [7, 11) is 1.68. The molecule has 0 bridgehead atoms. The molecule has 5 saturated carbocycles. The summed E-state index contributed by atoms with van der Waals surface area (Å²) in [5.74, 6) is 0.706. The Bertz CT molecular complexity index is 1800. The number of methoxy groups -OCH3 is 1. The van der Waals surface area contributed by atoms with Crippen molar-refractivity contribution in [3.63, 3.8) is 0 Å². The largest absolute Gasteiger partial charge is 0.396 e. The van der Waals surface area contributed by atoms with Crippen molar-refractivity contribution in [2.24, 2.45) is 50.7 Å². The fourth-order valence-corrected chi connectivity index (χ4v) is 16.2. The number of hydrogen-bond acceptors (Lipinski definition) is 18. The highest BCUT2D eigenvalue weighted by Gasteiger charge is 2.83. The molecule has 4 heterocycles. The van der Waals surface area contributed by atoms with E-state index in [0.29, 0.717) is 12.3 Å². The van der Waals surface area contributed by atoms with Gasteiger partial charge in [0, 0.05) is 18.4 Å². The van der Waals surface area contributed by atoms with Crippen LogP contribution in [0, 0.1) is 50.7 Å². The fraction of sp³-hybridized carbons (Fsp3) is 0.959. The van der Waals surface area contributed by atoms with Gasteiger partial charge in [-0.3, -0.25) is 0 Å². The molecule has 9 rings (SSSR count). The molecule has 5 aliphatic carbocycles. The molecule has 0 aromatic rings. The van der Waals surface area contributed by atoms with Crippen molar-refractivity contribution in [2.75, 3.05) is 20.3 Å². The molecular weight excluding hydrogens is 877 g/mol. The predicted molar refractivity (Wildman–Crippen MR) is 234 cm³/mol. The lowest BCUT2D eigenvalue weighted by atomic mass is 9.41. The average Bonchev–Trinajstić information content (AvgIpc) is 3.76. The standard InChI is InChI=1S/C49H80O18/c1-21(2)17-25-33(53)30(41(60-8)64-25)24-11-13-47(7)28-10-9-27-45(5,20-50)29(12-14-48(27)19-49(28,48)16-15-46(24,47)6)66-43-39(59)36(56)34(54)26(65-43)18-61-44-40(37(57)32(52)23(4)63-44)67-42-38(58)35(55)31(51)22(3)62-42/h17,22-44,50-59H,9-16,18-20H2,1-8H3. The van der Waals surface area contributed by atoms with Crippen LogP contribution in [-0.2, 0) is 37.9 Å². The lowest BCUT2D eigenvalue weighted by molar-refractivity contribution is -0.370. The number of aliphatic hydroxyl groups is 10. The van der Waals surface area contributed by atoms with Crippen molar-refractivity contribution in [2.45, 2.75) is 223 Å². The van der Waals surface area contributed by atoms with Crippen LogP contribution in [-0.4, -0.2) is 188 Å². The second kappa shape index (κ2) is 18.2. The summed E-state index contributed by atoms with van der Waals surface area (Å²) in [5, 5.41) is 110. The molecule has 28 atom stereocenters. The minimum Gasteiger partial charge on any atom is -0.396 e. The van der Waals surface area contributed by atoms with Gasteiger partial charge in [-0.2, -0.15) is 0 Å². The average molecular weight is 957 g/mol. The summed E-state index contributed by atoms with van der Waals surface area (Å²) < 4.78 is 48.4. The number of aliphatic hydroxyl groups excluding tert-OH is 10. The Morgan fingerprint density at radius 2 is 1.21 bits per heavy atom. The molecule has 0 aromatic heterocycles. The molecule has 4 saturated heterocycles. The van der Waals surface area contributed by atoms with Gasteiger partial charge in [0.25, 0.3) is 0 Å². The van der Waals surface area contributed by atoms with Crippen LogP contribution in [0.1, 0.15) is 106 Å². The third kappa shape index (κ3) is 7.71. The number of fused-ring (bicyclic) bond motifs is 2. The van der Waals surface area contributed by atoms with E-state index >= 15 is 0 Å². The quantitative estimate of drug-likeness (QED) is 0.100. The van der Waals surface area contributed by atoms with Crippen LogP contribution in [0.25, 0.3) is 0 Å². The van der Waals surface area contributed by atoms with Crippen LogP contribution in [0.3, 0.4) is 0 Å². The molecule has 4 aliphatic heterocycles. The Kier molecular flexibility index (Phi) is 13.8. The first-order chi connectivity index (χ1) is 31.5. The van der Waals surface area contributed by atoms with Crippen LogP contribution >= 0.6 is 0 Å². The lowest BCUT2D eigenvalue weighted by Gasteiger charge is -2.64. The van der Waals surface area contributed by atoms with E-state index in [9.17, 15) is 51.1 Å². The SMILES string of the molecule is COC1OC(C=C(C)C)C(O)C1C1CCC2(C)C3CCC4C(C)(CO)C(OC5OC(COC6OC(C)C(O)C(O)C6OC6OC(C)C(O)C(O)C6O)C(O)C(O)C5O)CCC45CC35CCC12C.